The fourth-order valence-electron chi connectivity index (χ4n) is 7.45. The Hall–Kier alpha value is -3.29. The second kappa shape index (κ2) is 10.7. The molecule has 2 atom stereocenters. The third kappa shape index (κ3) is 5.43. The minimum Gasteiger partial charge on any atom is -0.453 e. The van der Waals surface area contributed by atoms with Crippen LogP contribution in [0.3, 0.4) is 0 Å². The summed E-state index contributed by atoms with van der Waals surface area (Å²) in [5.41, 5.74) is -3.07. The number of carbonyl (C=O) groups is 2. The number of aromatic amines is 1. The molecule has 2 heterocycles. The van der Waals surface area contributed by atoms with E-state index in [2.05, 4.69) is 19.5 Å². The van der Waals surface area contributed by atoms with E-state index in [1.54, 1.807) is 17.2 Å². The van der Waals surface area contributed by atoms with E-state index in [-0.39, 0.29) is 34.4 Å². The molecule has 2 spiro atoms. The Morgan fingerprint density at radius 2 is 1.77 bits per heavy atom. The maximum absolute atomic E-state index is 13.8. The first-order chi connectivity index (χ1) is 20.7. The Kier molecular flexibility index (Phi) is 7.44. The number of hydrogen-bond acceptors (Lipinski definition) is 7. The van der Waals surface area contributed by atoms with Gasteiger partial charge < -0.3 is 24.1 Å². The number of methoxy groups -OCH3 is 1. The summed E-state index contributed by atoms with van der Waals surface area (Å²) in [6.45, 7) is 4.26. The number of nitrogens with one attached hydrogen (secondary N) is 2. The molecule has 240 valence electrons. The highest BCUT2D eigenvalue weighted by molar-refractivity contribution is 7.88. The van der Waals surface area contributed by atoms with Crippen molar-refractivity contribution in [2.24, 2.45) is 16.7 Å². The van der Waals surface area contributed by atoms with Gasteiger partial charge in [0.1, 0.15) is 17.6 Å². The van der Waals surface area contributed by atoms with Crippen LogP contribution in [0.5, 0.6) is 5.75 Å². The monoisotopic (exact) mass is 638 g/mol. The summed E-state index contributed by atoms with van der Waals surface area (Å²) < 4.78 is 72.9. The van der Waals surface area contributed by atoms with E-state index in [4.69, 9.17) is 4.74 Å². The first-order valence-electron chi connectivity index (χ1n) is 15.0. The minimum absolute atomic E-state index is 0.0130. The number of hydrogen-bond donors (Lipinski definition) is 2. The van der Waals surface area contributed by atoms with E-state index in [9.17, 15) is 31.2 Å². The predicted molar refractivity (Wildman–Crippen MR) is 153 cm³/mol. The van der Waals surface area contributed by atoms with Gasteiger partial charge in [-0.05, 0) is 79.4 Å². The van der Waals surface area contributed by atoms with Crippen molar-refractivity contribution in [2.75, 3.05) is 13.7 Å². The van der Waals surface area contributed by atoms with Crippen molar-refractivity contribution in [3.05, 3.63) is 35.3 Å². The number of ether oxygens (including phenoxy) is 1. The number of imidazole rings is 1. The van der Waals surface area contributed by atoms with E-state index in [1.165, 1.54) is 13.2 Å². The van der Waals surface area contributed by atoms with Crippen LogP contribution in [0.15, 0.2) is 18.3 Å². The van der Waals surface area contributed by atoms with Crippen LogP contribution < -0.4 is 9.50 Å². The van der Waals surface area contributed by atoms with Gasteiger partial charge in [0.2, 0.25) is 5.91 Å². The second-order valence-electron chi connectivity index (χ2n) is 13.3. The lowest BCUT2D eigenvalue weighted by molar-refractivity contribution is -0.135. The van der Waals surface area contributed by atoms with Crippen LogP contribution in [0.1, 0.15) is 81.8 Å². The fourth-order valence-corrected chi connectivity index (χ4v) is 7.93. The lowest BCUT2D eigenvalue weighted by atomic mass is 9.83. The van der Waals surface area contributed by atoms with E-state index in [0.29, 0.717) is 36.5 Å². The number of likely N-dealkylation sites (tertiary alicyclic amines) is 1. The highest BCUT2D eigenvalue weighted by Gasteiger charge is 2.55. The molecule has 2 saturated carbocycles. The molecule has 2 aromatic rings. The number of halogens is 3. The number of nitrogens with zero attached hydrogens (tertiary/aromatic N) is 2. The van der Waals surface area contributed by atoms with Crippen molar-refractivity contribution in [2.45, 2.75) is 89.2 Å². The standard InChI is InChI=1S/C30H37F3N4O6S/c1-17(2)24(36-27(39)42-3)26(38)37-16-29(10-11-29)14-22(37)25-34-15-21(35-25)18-6-7-23(43-44(40,41)30(31,32)33)20-13-28(12-19(18)20)8-4-5-9-28/h6-7,15,17,22,24H,4-5,8-14,16H2,1-3H3,(H,34,35)(H,36,39)/t22-,24-/m0/s1. The van der Waals surface area contributed by atoms with Crippen LogP contribution >= 0.6 is 0 Å². The number of rotatable bonds is 7. The third-order valence-corrected chi connectivity index (χ3v) is 10.9. The van der Waals surface area contributed by atoms with Crippen molar-refractivity contribution in [3.63, 3.8) is 0 Å². The van der Waals surface area contributed by atoms with E-state index in [0.717, 1.165) is 56.1 Å². The molecule has 2 N–H and O–H groups in total. The van der Waals surface area contributed by atoms with Gasteiger partial charge in [-0.2, -0.15) is 21.6 Å². The van der Waals surface area contributed by atoms with Crippen molar-refractivity contribution in [3.8, 4) is 17.0 Å². The SMILES string of the molecule is COC(=O)N[C@H](C(=O)N1CC2(CC2)C[C@H]1c1ncc(-c2ccc(OS(=O)(=O)C(F)(F)F)c3c2CC2(CCCC2)C3)[nH]1)C(C)C. The predicted octanol–water partition coefficient (Wildman–Crippen LogP) is 5.40. The molecule has 6 rings (SSSR count). The average molecular weight is 639 g/mol. The topological polar surface area (TPSA) is 131 Å². The summed E-state index contributed by atoms with van der Waals surface area (Å²) in [6.07, 6.45) is 8.54. The number of alkyl carbamates (subject to hydrolysis) is 1. The van der Waals surface area contributed by atoms with Gasteiger partial charge in [-0.1, -0.05) is 26.7 Å². The average Bonchev–Trinajstić information content (AvgIpc) is 3.41. The number of aromatic nitrogens is 2. The van der Waals surface area contributed by atoms with Crippen LogP contribution in [0.2, 0.25) is 0 Å². The van der Waals surface area contributed by atoms with Crippen molar-refractivity contribution < 1.29 is 40.1 Å². The summed E-state index contributed by atoms with van der Waals surface area (Å²) >= 11 is 0. The normalized spacial score (nSPS) is 22.4. The Morgan fingerprint density at radius 3 is 2.39 bits per heavy atom. The molecule has 44 heavy (non-hydrogen) atoms. The zero-order valence-corrected chi connectivity index (χ0v) is 25.7. The molecular formula is C30H37F3N4O6S. The summed E-state index contributed by atoms with van der Waals surface area (Å²) in [6, 6.07) is 1.75. The van der Waals surface area contributed by atoms with Gasteiger partial charge in [0, 0.05) is 17.7 Å². The maximum Gasteiger partial charge on any atom is 0.534 e. The summed E-state index contributed by atoms with van der Waals surface area (Å²) in [5.74, 6) is -0.100. The summed E-state index contributed by atoms with van der Waals surface area (Å²) in [5, 5.41) is 2.67. The van der Waals surface area contributed by atoms with Crippen LogP contribution in [-0.4, -0.2) is 60.5 Å². The van der Waals surface area contributed by atoms with Gasteiger partial charge in [0.15, 0.2) is 0 Å². The Bertz CT molecular complexity index is 1580. The zero-order valence-electron chi connectivity index (χ0n) is 24.9. The number of amides is 2. The molecule has 0 unspecified atom stereocenters. The van der Waals surface area contributed by atoms with Gasteiger partial charge in [-0.3, -0.25) is 4.79 Å². The smallest absolute Gasteiger partial charge is 0.453 e. The summed E-state index contributed by atoms with van der Waals surface area (Å²) in [4.78, 5) is 35.7. The van der Waals surface area contributed by atoms with Gasteiger partial charge in [0.05, 0.1) is 25.0 Å². The van der Waals surface area contributed by atoms with Crippen molar-refractivity contribution in [1.29, 1.82) is 0 Å². The largest absolute Gasteiger partial charge is 0.534 e. The van der Waals surface area contributed by atoms with Crippen LogP contribution in [0.4, 0.5) is 18.0 Å². The third-order valence-electron chi connectivity index (χ3n) is 9.98. The molecule has 0 bridgehead atoms. The van der Waals surface area contributed by atoms with Crippen LogP contribution in [0, 0.1) is 16.7 Å². The molecule has 1 aromatic carbocycles. The highest BCUT2D eigenvalue weighted by atomic mass is 32.2. The van der Waals surface area contributed by atoms with Gasteiger partial charge >= 0.3 is 21.7 Å². The first kappa shape index (κ1) is 30.7. The zero-order chi connectivity index (χ0) is 31.7. The molecule has 3 aliphatic carbocycles. The van der Waals surface area contributed by atoms with E-state index >= 15 is 0 Å². The molecule has 3 fully saturated rings. The lowest BCUT2D eigenvalue weighted by Gasteiger charge is -2.30. The Labute approximate surface area is 254 Å². The molecule has 1 aliphatic heterocycles. The molecule has 2 amide bonds. The lowest BCUT2D eigenvalue weighted by Crippen LogP contribution is -2.51. The van der Waals surface area contributed by atoms with Gasteiger partial charge in [-0.15, -0.1) is 0 Å². The number of fused-ring (bicyclic) bond motifs is 1. The van der Waals surface area contributed by atoms with Crippen molar-refractivity contribution in [1.82, 2.24) is 20.2 Å². The number of benzene rings is 1. The Morgan fingerprint density at radius 1 is 1.09 bits per heavy atom. The Balaban J connectivity index is 1.33. The number of carbonyl (C=O) groups excluding carboxylic acids is 2. The highest BCUT2D eigenvalue weighted by Crippen LogP contribution is 2.59. The van der Waals surface area contributed by atoms with Gasteiger partial charge in [-0.25, -0.2) is 9.78 Å². The number of H-pyrrole nitrogens is 1. The minimum atomic E-state index is -5.83. The van der Waals surface area contributed by atoms with Gasteiger partial charge in [0.25, 0.3) is 0 Å². The second-order valence-corrected chi connectivity index (χ2v) is 14.9. The first-order valence-corrected chi connectivity index (χ1v) is 16.4. The molecule has 10 nitrogen and oxygen atoms in total. The molecule has 1 aromatic heterocycles. The molecule has 1 saturated heterocycles. The summed E-state index contributed by atoms with van der Waals surface area (Å²) in [7, 11) is -4.58. The van der Waals surface area contributed by atoms with Crippen LogP contribution in [-0.2, 0) is 32.5 Å². The molecule has 14 heteroatoms. The van der Waals surface area contributed by atoms with Crippen LogP contribution in [0.25, 0.3) is 11.3 Å². The van der Waals surface area contributed by atoms with E-state index < -0.39 is 27.8 Å². The molecule has 0 radical (unpaired) electrons. The van der Waals surface area contributed by atoms with Crippen molar-refractivity contribution >= 4 is 22.1 Å². The fraction of sp³-hybridized carbons (Fsp3) is 0.633. The number of alkyl halides is 3. The molecule has 4 aliphatic rings. The molecular weight excluding hydrogens is 601 g/mol. The maximum atomic E-state index is 13.8. The quantitative estimate of drug-likeness (QED) is 0.307. The van der Waals surface area contributed by atoms with E-state index in [1.807, 2.05) is 13.8 Å².